The van der Waals surface area contributed by atoms with Crippen molar-refractivity contribution in [1.29, 1.82) is 0 Å². The molecule has 0 spiro atoms. The van der Waals surface area contributed by atoms with Crippen molar-refractivity contribution in [2.45, 2.75) is 0 Å². The fourth-order valence-corrected chi connectivity index (χ4v) is 3.86. The highest BCUT2D eigenvalue weighted by molar-refractivity contribution is 14.1. The summed E-state index contributed by atoms with van der Waals surface area (Å²) < 4.78 is 2.34. The zero-order chi connectivity index (χ0) is 13.7. The Morgan fingerprint density at radius 1 is 1.21 bits per heavy atom. The van der Waals surface area contributed by atoms with Crippen LogP contribution in [0.15, 0.2) is 41.6 Å². The van der Waals surface area contributed by atoms with Gasteiger partial charge in [0.15, 0.2) is 0 Å². The molecule has 1 aromatic carbocycles. The van der Waals surface area contributed by atoms with Crippen LogP contribution in [0.25, 0.3) is 0 Å². The van der Waals surface area contributed by atoms with Crippen molar-refractivity contribution < 1.29 is 0 Å². The Morgan fingerprint density at radius 3 is 2.53 bits per heavy atom. The van der Waals surface area contributed by atoms with Gasteiger partial charge in [0.1, 0.15) is 5.82 Å². The lowest BCUT2D eigenvalue weighted by Gasteiger charge is -2.07. The van der Waals surface area contributed by atoms with E-state index in [1.807, 2.05) is 25.2 Å². The van der Waals surface area contributed by atoms with Crippen molar-refractivity contribution in [2.75, 3.05) is 17.8 Å². The van der Waals surface area contributed by atoms with E-state index in [0.717, 1.165) is 17.1 Å². The maximum absolute atomic E-state index is 4.18. The van der Waals surface area contributed by atoms with Gasteiger partial charge in [-0.1, -0.05) is 6.07 Å². The summed E-state index contributed by atoms with van der Waals surface area (Å²) in [7, 11) is 1.93. The first-order valence-corrected chi connectivity index (χ1v) is 7.73. The van der Waals surface area contributed by atoms with E-state index in [1.165, 1.54) is 7.14 Å². The molecule has 19 heavy (non-hydrogen) atoms. The van der Waals surface area contributed by atoms with E-state index in [4.69, 9.17) is 0 Å². The van der Waals surface area contributed by atoms with Crippen LogP contribution in [0.4, 0.5) is 11.5 Å². The standard InChI is InChI=1S/C13H12I2N4/c1-16-13-10(14)6-9(7-11(13)15)8-18-19-12-4-2-3-5-17-12/h2-8,16H,1H3,(H,17,19)/b18-8-. The maximum atomic E-state index is 4.18. The zero-order valence-corrected chi connectivity index (χ0v) is 14.5. The quantitative estimate of drug-likeness (QED) is 0.400. The molecule has 0 saturated carbocycles. The normalized spacial score (nSPS) is 10.7. The largest absolute Gasteiger partial charge is 0.386 e. The lowest BCUT2D eigenvalue weighted by atomic mass is 10.2. The van der Waals surface area contributed by atoms with Crippen LogP contribution >= 0.6 is 45.2 Å². The molecule has 2 N–H and O–H groups in total. The molecule has 6 heteroatoms. The number of hydrogen-bond donors (Lipinski definition) is 2. The predicted octanol–water partition coefficient (Wildman–Crippen LogP) is 3.78. The minimum absolute atomic E-state index is 0.731. The molecular weight excluding hydrogens is 466 g/mol. The van der Waals surface area contributed by atoms with E-state index in [1.54, 1.807) is 12.4 Å². The molecule has 1 heterocycles. The van der Waals surface area contributed by atoms with Gasteiger partial charge in [-0.25, -0.2) is 4.98 Å². The molecule has 0 saturated heterocycles. The molecule has 0 bridgehead atoms. The van der Waals surface area contributed by atoms with Gasteiger partial charge in [-0.15, -0.1) is 0 Å². The highest BCUT2D eigenvalue weighted by Gasteiger charge is 2.04. The smallest absolute Gasteiger partial charge is 0.146 e. The van der Waals surface area contributed by atoms with Crippen LogP contribution in [0.3, 0.4) is 0 Å². The Labute approximate surface area is 139 Å². The summed E-state index contributed by atoms with van der Waals surface area (Å²) in [5.41, 5.74) is 5.10. The van der Waals surface area contributed by atoms with Gasteiger partial charge in [-0.05, 0) is 75.0 Å². The van der Waals surface area contributed by atoms with Gasteiger partial charge >= 0.3 is 0 Å². The second kappa shape index (κ2) is 7.04. The molecule has 0 fully saturated rings. The molecule has 0 aliphatic carbocycles. The first-order valence-electron chi connectivity index (χ1n) is 5.57. The number of halogens is 2. The number of nitrogens with zero attached hydrogens (tertiary/aromatic N) is 2. The molecule has 0 radical (unpaired) electrons. The summed E-state index contributed by atoms with van der Waals surface area (Å²) in [4.78, 5) is 4.13. The zero-order valence-electron chi connectivity index (χ0n) is 10.2. The highest BCUT2D eigenvalue weighted by atomic mass is 127. The van der Waals surface area contributed by atoms with Crippen molar-refractivity contribution >= 4 is 62.9 Å². The number of hydrogen-bond acceptors (Lipinski definition) is 4. The van der Waals surface area contributed by atoms with Crippen molar-refractivity contribution in [1.82, 2.24) is 4.98 Å². The number of anilines is 2. The lowest BCUT2D eigenvalue weighted by Crippen LogP contribution is -1.98. The fourth-order valence-electron chi connectivity index (χ4n) is 1.51. The molecule has 98 valence electrons. The molecule has 0 aliphatic heterocycles. The van der Waals surface area contributed by atoms with Crippen LogP contribution in [0, 0.1) is 7.14 Å². The number of aromatic nitrogens is 1. The topological polar surface area (TPSA) is 49.3 Å². The van der Waals surface area contributed by atoms with Gasteiger partial charge in [0.2, 0.25) is 0 Å². The molecule has 4 nitrogen and oxygen atoms in total. The Bertz CT molecular complexity index is 561. The minimum Gasteiger partial charge on any atom is -0.386 e. The van der Waals surface area contributed by atoms with Crippen LogP contribution in [-0.4, -0.2) is 18.2 Å². The van der Waals surface area contributed by atoms with Crippen molar-refractivity contribution in [3.8, 4) is 0 Å². The molecule has 2 aromatic rings. The second-order valence-electron chi connectivity index (χ2n) is 3.69. The SMILES string of the molecule is CNc1c(I)cc(/C=N\Nc2ccccn2)cc1I. The van der Waals surface area contributed by atoms with Gasteiger partial charge in [-0.3, -0.25) is 5.43 Å². The van der Waals surface area contributed by atoms with E-state index < -0.39 is 0 Å². The second-order valence-corrected chi connectivity index (χ2v) is 6.02. The fraction of sp³-hybridized carbons (Fsp3) is 0.0769. The average Bonchev–Trinajstić information content (AvgIpc) is 2.40. The summed E-state index contributed by atoms with van der Waals surface area (Å²) in [6, 6.07) is 9.82. The van der Waals surface area contributed by atoms with E-state index >= 15 is 0 Å². The summed E-state index contributed by atoms with van der Waals surface area (Å²) in [6.07, 6.45) is 3.52. The van der Waals surface area contributed by atoms with E-state index in [2.05, 4.69) is 78.1 Å². The van der Waals surface area contributed by atoms with E-state index in [9.17, 15) is 0 Å². The number of nitrogens with one attached hydrogen (secondary N) is 2. The third-order valence-electron chi connectivity index (χ3n) is 2.37. The lowest BCUT2D eigenvalue weighted by molar-refractivity contribution is 1.23. The van der Waals surface area contributed by atoms with E-state index in [0.29, 0.717) is 0 Å². The van der Waals surface area contributed by atoms with Crippen LogP contribution < -0.4 is 10.7 Å². The first kappa shape index (κ1) is 14.5. The summed E-state index contributed by atoms with van der Waals surface area (Å²) in [5, 5.41) is 7.37. The average molecular weight is 478 g/mol. The van der Waals surface area contributed by atoms with E-state index in [-0.39, 0.29) is 0 Å². The van der Waals surface area contributed by atoms with Crippen molar-refractivity contribution in [3.05, 3.63) is 49.2 Å². The Morgan fingerprint density at radius 2 is 1.95 bits per heavy atom. The molecule has 0 amide bonds. The molecule has 0 unspecified atom stereocenters. The molecular formula is C13H12I2N4. The maximum Gasteiger partial charge on any atom is 0.146 e. The molecule has 2 rings (SSSR count). The van der Waals surface area contributed by atoms with Crippen LogP contribution in [0.2, 0.25) is 0 Å². The summed E-state index contributed by atoms with van der Waals surface area (Å²) in [5.74, 6) is 0.731. The Balaban J connectivity index is 2.11. The van der Waals surface area contributed by atoms with Gasteiger partial charge in [0, 0.05) is 20.4 Å². The third-order valence-corrected chi connectivity index (χ3v) is 4.07. The summed E-state index contributed by atoms with van der Waals surface area (Å²) in [6.45, 7) is 0. The van der Waals surface area contributed by atoms with Crippen LogP contribution in [0.5, 0.6) is 0 Å². The number of pyridine rings is 1. The van der Waals surface area contributed by atoms with Crippen molar-refractivity contribution in [3.63, 3.8) is 0 Å². The number of hydrazone groups is 1. The molecule has 0 aliphatic rings. The van der Waals surface area contributed by atoms with Gasteiger partial charge in [-0.2, -0.15) is 5.10 Å². The van der Waals surface area contributed by atoms with Gasteiger partial charge in [0.25, 0.3) is 0 Å². The van der Waals surface area contributed by atoms with Crippen LogP contribution in [0.1, 0.15) is 5.56 Å². The minimum atomic E-state index is 0.731. The Hall–Kier alpha value is -0.900. The third kappa shape index (κ3) is 4.03. The summed E-state index contributed by atoms with van der Waals surface area (Å²) >= 11 is 4.63. The number of rotatable bonds is 4. The highest BCUT2D eigenvalue weighted by Crippen LogP contribution is 2.25. The monoisotopic (exact) mass is 478 g/mol. The van der Waals surface area contributed by atoms with Gasteiger partial charge < -0.3 is 5.32 Å². The first-order chi connectivity index (χ1) is 9.20. The predicted molar refractivity (Wildman–Crippen MR) is 96.9 cm³/mol. The number of benzene rings is 1. The van der Waals surface area contributed by atoms with Crippen molar-refractivity contribution in [2.24, 2.45) is 5.10 Å². The van der Waals surface area contributed by atoms with Gasteiger partial charge in [0.05, 0.1) is 11.9 Å². The molecule has 1 aromatic heterocycles. The molecule has 0 atom stereocenters. The Kier molecular flexibility index (Phi) is 5.37. The van der Waals surface area contributed by atoms with Crippen LogP contribution in [-0.2, 0) is 0 Å².